The van der Waals surface area contributed by atoms with Gasteiger partial charge in [0.2, 0.25) is 0 Å². The molecule has 1 aromatic heterocycles. The molecule has 0 radical (unpaired) electrons. The number of anilines is 1. The largest absolute Gasteiger partial charge is 0.367 e. The van der Waals surface area contributed by atoms with Crippen molar-refractivity contribution in [1.29, 1.82) is 0 Å². The smallest absolute Gasteiger partial charge is 0.146 e. The van der Waals surface area contributed by atoms with E-state index in [4.69, 9.17) is 11.6 Å². The summed E-state index contributed by atoms with van der Waals surface area (Å²) in [6.45, 7) is 8.80. The van der Waals surface area contributed by atoms with Crippen molar-refractivity contribution in [3.8, 4) is 0 Å². The van der Waals surface area contributed by atoms with Crippen molar-refractivity contribution >= 4 is 17.3 Å². The van der Waals surface area contributed by atoms with Gasteiger partial charge in [-0.25, -0.2) is 4.39 Å². The number of hydrogen-bond acceptors (Lipinski definition) is 4. The molecule has 4 rings (SSSR count). The maximum absolute atomic E-state index is 14.1. The van der Waals surface area contributed by atoms with Gasteiger partial charge in [-0.2, -0.15) is 5.10 Å². The number of hydrogen-bond donors (Lipinski definition) is 0. The third kappa shape index (κ3) is 4.04. The van der Waals surface area contributed by atoms with Crippen molar-refractivity contribution < 1.29 is 4.39 Å². The average molecular weight is 406 g/mol. The van der Waals surface area contributed by atoms with Crippen LogP contribution in [-0.4, -0.2) is 64.9 Å². The lowest BCUT2D eigenvalue weighted by atomic mass is 10.0. The fourth-order valence-electron chi connectivity index (χ4n) is 4.59. The number of likely N-dealkylation sites (tertiary alicyclic amines) is 1. The fourth-order valence-corrected chi connectivity index (χ4v) is 4.82. The maximum Gasteiger partial charge on any atom is 0.146 e. The highest BCUT2D eigenvalue weighted by atomic mass is 35.5. The number of aryl methyl sites for hydroxylation is 2. The van der Waals surface area contributed by atoms with Crippen LogP contribution in [0.25, 0.3) is 0 Å². The Morgan fingerprint density at radius 1 is 1.14 bits per heavy atom. The second-order valence-corrected chi connectivity index (χ2v) is 8.34. The third-order valence-electron chi connectivity index (χ3n) is 6.16. The first kappa shape index (κ1) is 19.7. The van der Waals surface area contributed by atoms with Gasteiger partial charge >= 0.3 is 0 Å². The highest BCUT2D eigenvalue weighted by Gasteiger charge is 2.29. The molecule has 2 aliphatic heterocycles. The van der Waals surface area contributed by atoms with Crippen LogP contribution in [0.4, 0.5) is 10.1 Å². The molecule has 5 nitrogen and oxygen atoms in total. The number of para-hydroxylation sites is 1. The number of aromatic nitrogens is 2. The minimum atomic E-state index is -0.122. The molecule has 2 fully saturated rings. The predicted octanol–water partition coefficient (Wildman–Crippen LogP) is 3.31. The van der Waals surface area contributed by atoms with Gasteiger partial charge in [-0.1, -0.05) is 23.7 Å². The molecular formula is C21H29ClFN5. The summed E-state index contributed by atoms with van der Waals surface area (Å²) in [7, 11) is 1.90. The average Bonchev–Trinajstić information content (AvgIpc) is 2.95. The molecule has 28 heavy (non-hydrogen) atoms. The summed E-state index contributed by atoms with van der Waals surface area (Å²) in [5.41, 5.74) is 2.90. The normalized spacial score (nSPS) is 22.0. The zero-order valence-electron chi connectivity index (χ0n) is 16.7. The molecule has 0 bridgehead atoms. The van der Waals surface area contributed by atoms with Crippen LogP contribution in [0.1, 0.15) is 24.1 Å². The van der Waals surface area contributed by atoms with E-state index in [1.54, 1.807) is 16.8 Å². The maximum atomic E-state index is 14.1. The summed E-state index contributed by atoms with van der Waals surface area (Å²) in [6.07, 6.45) is 2.44. The molecule has 2 saturated heterocycles. The molecule has 1 aromatic carbocycles. The van der Waals surface area contributed by atoms with Gasteiger partial charge < -0.3 is 4.90 Å². The van der Waals surface area contributed by atoms with Crippen molar-refractivity contribution in [1.82, 2.24) is 19.6 Å². The van der Waals surface area contributed by atoms with Crippen LogP contribution < -0.4 is 4.90 Å². The number of benzene rings is 1. The topological polar surface area (TPSA) is 27.5 Å². The van der Waals surface area contributed by atoms with Crippen molar-refractivity contribution in [3.05, 3.63) is 46.5 Å². The van der Waals surface area contributed by atoms with Gasteiger partial charge in [0.1, 0.15) is 11.0 Å². The SMILES string of the molecule is Cc1nn(C)c(Cl)c1CN1CCCC(N2CCN(c3ccccc3F)CC2)C1. The first-order valence-corrected chi connectivity index (χ1v) is 10.5. The van der Waals surface area contributed by atoms with E-state index in [2.05, 4.69) is 19.8 Å². The molecule has 1 unspecified atom stereocenters. The Bertz CT molecular complexity index is 815. The second kappa shape index (κ2) is 8.39. The van der Waals surface area contributed by atoms with E-state index < -0.39 is 0 Å². The minimum absolute atomic E-state index is 0.122. The van der Waals surface area contributed by atoms with E-state index in [1.807, 2.05) is 26.1 Å². The molecule has 3 heterocycles. The molecule has 0 N–H and O–H groups in total. The number of rotatable bonds is 4. The highest BCUT2D eigenvalue weighted by molar-refractivity contribution is 6.30. The molecule has 2 aliphatic rings. The van der Waals surface area contributed by atoms with Crippen LogP contribution in [0.15, 0.2) is 24.3 Å². The summed E-state index contributed by atoms with van der Waals surface area (Å²) >= 11 is 6.43. The molecule has 0 spiro atoms. The van der Waals surface area contributed by atoms with Crippen molar-refractivity contribution in [3.63, 3.8) is 0 Å². The minimum Gasteiger partial charge on any atom is -0.367 e. The first-order chi connectivity index (χ1) is 13.5. The number of nitrogens with zero attached hydrogens (tertiary/aromatic N) is 5. The van der Waals surface area contributed by atoms with Gasteiger partial charge in [0.25, 0.3) is 0 Å². The number of piperazine rings is 1. The molecule has 0 saturated carbocycles. The highest BCUT2D eigenvalue weighted by Crippen LogP contribution is 2.25. The van der Waals surface area contributed by atoms with Gasteiger partial charge in [-0.05, 0) is 38.4 Å². The van der Waals surface area contributed by atoms with E-state index in [9.17, 15) is 4.39 Å². The van der Waals surface area contributed by atoms with E-state index in [0.717, 1.165) is 67.9 Å². The van der Waals surface area contributed by atoms with Gasteiger partial charge in [-0.3, -0.25) is 14.5 Å². The van der Waals surface area contributed by atoms with E-state index in [0.29, 0.717) is 6.04 Å². The lowest BCUT2D eigenvalue weighted by molar-refractivity contribution is 0.0886. The Hall–Kier alpha value is -1.63. The monoisotopic (exact) mass is 405 g/mol. The second-order valence-electron chi connectivity index (χ2n) is 7.98. The standard InChI is InChI=1S/C21H29ClFN5/c1-16-18(21(22)25(2)24-16)15-26-9-5-6-17(14-26)27-10-12-28(13-11-27)20-8-4-3-7-19(20)23/h3-4,7-8,17H,5-6,9-15H2,1-2H3. The quantitative estimate of drug-likeness (QED) is 0.780. The lowest BCUT2D eigenvalue weighted by Crippen LogP contribution is -2.55. The number of halogens is 2. The van der Waals surface area contributed by atoms with Crippen LogP contribution >= 0.6 is 11.6 Å². The zero-order chi connectivity index (χ0) is 19.7. The molecule has 2 aromatic rings. The van der Waals surface area contributed by atoms with E-state index in [1.165, 1.54) is 12.8 Å². The number of piperidine rings is 1. The van der Waals surface area contributed by atoms with Crippen molar-refractivity contribution in [2.75, 3.05) is 44.2 Å². The molecule has 152 valence electrons. The first-order valence-electron chi connectivity index (χ1n) is 10.2. The van der Waals surface area contributed by atoms with Gasteiger partial charge in [0, 0.05) is 57.9 Å². The van der Waals surface area contributed by atoms with Gasteiger partial charge in [-0.15, -0.1) is 0 Å². The molecule has 0 aliphatic carbocycles. The predicted molar refractivity (Wildman–Crippen MR) is 111 cm³/mol. The molecule has 7 heteroatoms. The zero-order valence-corrected chi connectivity index (χ0v) is 17.5. The summed E-state index contributed by atoms with van der Waals surface area (Å²) in [5.74, 6) is -0.122. The van der Waals surface area contributed by atoms with Crippen LogP contribution in [0, 0.1) is 12.7 Å². The Kier molecular flexibility index (Phi) is 5.90. The van der Waals surface area contributed by atoms with E-state index in [-0.39, 0.29) is 5.82 Å². The Balaban J connectivity index is 1.35. The third-order valence-corrected chi connectivity index (χ3v) is 6.63. The van der Waals surface area contributed by atoms with E-state index >= 15 is 0 Å². The Labute approximate surface area is 171 Å². The lowest BCUT2D eigenvalue weighted by Gasteiger charge is -2.44. The molecular weight excluding hydrogens is 377 g/mol. The molecule has 0 amide bonds. The fraction of sp³-hybridized carbons (Fsp3) is 0.571. The summed E-state index contributed by atoms with van der Waals surface area (Å²) in [4.78, 5) is 7.26. The Morgan fingerprint density at radius 2 is 1.89 bits per heavy atom. The van der Waals surface area contributed by atoms with Crippen molar-refractivity contribution in [2.24, 2.45) is 7.05 Å². The molecule has 1 atom stereocenters. The Morgan fingerprint density at radius 3 is 2.57 bits per heavy atom. The summed E-state index contributed by atoms with van der Waals surface area (Å²) in [6, 6.07) is 7.66. The summed E-state index contributed by atoms with van der Waals surface area (Å²) in [5, 5.41) is 5.19. The van der Waals surface area contributed by atoms with Gasteiger partial charge in [0.15, 0.2) is 0 Å². The van der Waals surface area contributed by atoms with Crippen LogP contribution in [0.5, 0.6) is 0 Å². The van der Waals surface area contributed by atoms with Gasteiger partial charge in [0.05, 0.1) is 11.4 Å². The van der Waals surface area contributed by atoms with Crippen LogP contribution in [-0.2, 0) is 13.6 Å². The summed E-state index contributed by atoms with van der Waals surface area (Å²) < 4.78 is 15.8. The van der Waals surface area contributed by atoms with Crippen LogP contribution in [0.3, 0.4) is 0 Å². The van der Waals surface area contributed by atoms with Crippen molar-refractivity contribution in [2.45, 2.75) is 32.4 Å². The van der Waals surface area contributed by atoms with Crippen LogP contribution in [0.2, 0.25) is 5.15 Å².